The Hall–Kier alpha value is -1.06. The van der Waals surface area contributed by atoms with Crippen LogP contribution in [-0.2, 0) is 18.4 Å². The quantitative estimate of drug-likeness (QED) is 0.809. The van der Waals surface area contributed by atoms with Gasteiger partial charge in [0.05, 0.1) is 0 Å². The van der Waals surface area contributed by atoms with Crippen LogP contribution >= 0.6 is 0 Å². The van der Waals surface area contributed by atoms with E-state index in [1.54, 1.807) is 0 Å². The molecule has 0 aliphatic carbocycles. The zero-order valence-corrected chi connectivity index (χ0v) is 14.2. The summed E-state index contributed by atoms with van der Waals surface area (Å²) < 4.78 is 0. The van der Waals surface area contributed by atoms with E-state index < -0.39 is 0 Å². The second kappa shape index (κ2) is 7.81. The van der Waals surface area contributed by atoms with Crippen molar-refractivity contribution in [3.05, 3.63) is 28.8 Å². The third kappa shape index (κ3) is 5.01. The first-order chi connectivity index (χ1) is 9.83. The lowest BCUT2D eigenvalue weighted by atomic mass is 9.83. The molecule has 1 aromatic rings. The van der Waals surface area contributed by atoms with E-state index in [-0.39, 0.29) is 12.0 Å². The Morgan fingerprint density at radius 3 is 2.19 bits per heavy atom. The Labute approximate surface area is 129 Å². The van der Waals surface area contributed by atoms with E-state index in [1.165, 1.54) is 5.56 Å². The van der Waals surface area contributed by atoms with Gasteiger partial charge in [-0.3, -0.25) is 4.90 Å². The van der Waals surface area contributed by atoms with Crippen LogP contribution in [-0.4, -0.2) is 34.8 Å². The van der Waals surface area contributed by atoms with Crippen LogP contribution in [0.2, 0.25) is 0 Å². The predicted molar refractivity (Wildman–Crippen MR) is 88.8 cm³/mol. The summed E-state index contributed by atoms with van der Waals surface area (Å²) in [6.07, 6.45) is 1.62. The smallest absolute Gasteiger partial charge is 0.123 e. The zero-order chi connectivity index (χ0) is 16.0. The molecule has 21 heavy (non-hydrogen) atoms. The summed E-state index contributed by atoms with van der Waals surface area (Å²) in [6.45, 7) is 13.6. The molecule has 0 saturated heterocycles. The highest BCUT2D eigenvalue weighted by Gasteiger charge is 2.21. The fraction of sp³-hybridized carbons (Fsp3) is 0.667. The number of hydrogen-bond donors (Lipinski definition) is 2. The van der Waals surface area contributed by atoms with Gasteiger partial charge in [0, 0.05) is 18.7 Å². The second-order valence-electron chi connectivity index (χ2n) is 6.69. The summed E-state index contributed by atoms with van der Waals surface area (Å²) in [6, 6.07) is 4.19. The average Bonchev–Trinajstić information content (AvgIpc) is 2.43. The van der Waals surface area contributed by atoms with E-state index in [9.17, 15) is 5.11 Å². The van der Waals surface area contributed by atoms with Gasteiger partial charge in [-0.15, -0.1) is 0 Å². The first-order valence-electron chi connectivity index (χ1n) is 8.01. The minimum Gasteiger partial charge on any atom is -0.507 e. The van der Waals surface area contributed by atoms with Gasteiger partial charge >= 0.3 is 0 Å². The van der Waals surface area contributed by atoms with Crippen molar-refractivity contribution in [2.45, 2.75) is 59.4 Å². The maximum absolute atomic E-state index is 10.6. The molecule has 0 spiro atoms. The number of hydrogen-bond acceptors (Lipinski definition) is 3. The summed E-state index contributed by atoms with van der Waals surface area (Å²) in [5.41, 5.74) is 3.12. The monoisotopic (exact) mass is 293 g/mol. The first-order valence-corrected chi connectivity index (χ1v) is 8.01. The van der Waals surface area contributed by atoms with E-state index in [1.807, 2.05) is 0 Å². The molecule has 1 rings (SSSR count). The van der Waals surface area contributed by atoms with Gasteiger partial charge in [-0.25, -0.2) is 0 Å². The van der Waals surface area contributed by atoms with E-state index in [0.717, 1.165) is 43.6 Å². The van der Waals surface area contributed by atoms with Gasteiger partial charge in [0.15, 0.2) is 0 Å². The van der Waals surface area contributed by atoms with Gasteiger partial charge in [0.1, 0.15) is 5.75 Å². The third-order valence-corrected chi connectivity index (χ3v) is 3.97. The molecule has 0 radical (unpaired) electrons. The molecule has 0 heterocycles. The van der Waals surface area contributed by atoms with Crippen LogP contribution in [0.3, 0.4) is 0 Å². The van der Waals surface area contributed by atoms with Crippen LogP contribution in [0.15, 0.2) is 12.1 Å². The summed E-state index contributed by atoms with van der Waals surface area (Å²) in [5.74, 6) is 0.433. The summed E-state index contributed by atoms with van der Waals surface area (Å²) in [4.78, 5) is 2.30. The molecule has 120 valence electrons. The van der Waals surface area contributed by atoms with E-state index in [4.69, 9.17) is 5.11 Å². The molecule has 0 aliphatic heterocycles. The number of nitrogens with zero attached hydrogens (tertiary/aromatic N) is 1. The average molecular weight is 293 g/mol. The van der Waals surface area contributed by atoms with E-state index >= 15 is 0 Å². The third-order valence-electron chi connectivity index (χ3n) is 3.97. The zero-order valence-electron chi connectivity index (χ0n) is 14.2. The molecule has 0 unspecified atom stereocenters. The molecular formula is C18H31NO2. The van der Waals surface area contributed by atoms with Crippen LogP contribution in [0.4, 0.5) is 0 Å². The van der Waals surface area contributed by atoms with Crippen LogP contribution in [0.1, 0.15) is 57.7 Å². The Kier molecular flexibility index (Phi) is 6.69. The topological polar surface area (TPSA) is 43.7 Å². The van der Waals surface area contributed by atoms with Crippen LogP contribution in [0, 0.1) is 0 Å². The van der Waals surface area contributed by atoms with Gasteiger partial charge in [-0.05, 0) is 42.5 Å². The Morgan fingerprint density at radius 1 is 1.10 bits per heavy atom. The van der Waals surface area contributed by atoms with Gasteiger partial charge in [0.25, 0.3) is 0 Å². The lowest BCUT2D eigenvalue weighted by Gasteiger charge is -2.25. The molecule has 0 fully saturated rings. The molecule has 2 N–H and O–H groups in total. The maximum Gasteiger partial charge on any atom is 0.123 e. The Morgan fingerprint density at radius 2 is 1.71 bits per heavy atom. The minimum atomic E-state index is -0.0860. The molecule has 0 amide bonds. The van der Waals surface area contributed by atoms with Crippen molar-refractivity contribution in [3.63, 3.8) is 0 Å². The normalized spacial score (nSPS) is 12.1. The highest BCUT2D eigenvalue weighted by Crippen LogP contribution is 2.35. The number of benzene rings is 1. The SMILES string of the molecule is CCN(CC)Cc1cc(CCCO)cc(C(C)(C)C)c1O. The largest absolute Gasteiger partial charge is 0.507 e. The van der Waals surface area contributed by atoms with Crippen LogP contribution < -0.4 is 0 Å². The predicted octanol–water partition coefficient (Wildman–Crippen LogP) is 3.46. The number of aromatic hydroxyl groups is 1. The van der Waals surface area contributed by atoms with Crippen molar-refractivity contribution in [3.8, 4) is 5.75 Å². The van der Waals surface area contributed by atoms with Crippen molar-refractivity contribution < 1.29 is 10.2 Å². The molecule has 0 aliphatic rings. The number of aliphatic hydroxyl groups is 1. The molecule has 0 atom stereocenters. The van der Waals surface area contributed by atoms with E-state index in [2.05, 4.69) is 51.7 Å². The minimum absolute atomic E-state index is 0.0860. The standard InChI is InChI=1S/C18H31NO2/c1-6-19(7-2)13-15-11-14(9-8-10-20)12-16(17(15)21)18(3,4)5/h11-12,20-21H,6-10,13H2,1-5H3. The molecule has 0 saturated carbocycles. The lowest BCUT2D eigenvalue weighted by Crippen LogP contribution is -2.23. The van der Waals surface area contributed by atoms with Crippen molar-refractivity contribution in [2.75, 3.05) is 19.7 Å². The molecule has 3 nitrogen and oxygen atoms in total. The summed E-state index contributed by atoms with van der Waals surface area (Å²) in [7, 11) is 0. The fourth-order valence-electron chi connectivity index (χ4n) is 2.57. The number of aliphatic hydroxyl groups excluding tert-OH is 1. The molecule has 0 aromatic heterocycles. The number of phenolic OH excluding ortho intramolecular Hbond substituents is 1. The summed E-state index contributed by atoms with van der Waals surface area (Å²) >= 11 is 0. The fourth-order valence-corrected chi connectivity index (χ4v) is 2.57. The van der Waals surface area contributed by atoms with Crippen LogP contribution in [0.25, 0.3) is 0 Å². The van der Waals surface area contributed by atoms with Crippen LogP contribution in [0.5, 0.6) is 5.75 Å². The lowest BCUT2D eigenvalue weighted by molar-refractivity contribution is 0.287. The van der Waals surface area contributed by atoms with Crippen molar-refractivity contribution in [1.82, 2.24) is 4.90 Å². The van der Waals surface area contributed by atoms with Gasteiger partial charge < -0.3 is 10.2 Å². The number of phenols is 1. The van der Waals surface area contributed by atoms with Gasteiger partial charge in [0.2, 0.25) is 0 Å². The second-order valence-corrected chi connectivity index (χ2v) is 6.69. The molecule has 0 bridgehead atoms. The summed E-state index contributed by atoms with van der Waals surface area (Å²) in [5, 5.41) is 19.7. The Balaban J connectivity index is 3.20. The highest BCUT2D eigenvalue weighted by atomic mass is 16.3. The van der Waals surface area contributed by atoms with Gasteiger partial charge in [-0.1, -0.05) is 46.8 Å². The molecular weight excluding hydrogens is 262 g/mol. The van der Waals surface area contributed by atoms with E-state index in [0.29, 0.717) is 5.75 Å². The Bertz CT molecular complexity index is 445. The number of rotatable bonds is 7. The van der Waals surface area contributed by atoms with Crippen molar-refractivity contribution in [1.29, 1.82) is 0 Å². The number of aryl methyl sites for hydroxylation is 1. The highest BCUT2D eigenvalue weighted by molar-refractivity contribution is 5.47. The molecule has 1 aromatic carbocycles. The van der Waals surface area contributed by atoms with Crippen molar-refractivity contribution >= 4 is 0 Å². The molecule has 3 heteroatoms. The maximum atomic E-state index is 10.6. The van der Waals surface area contributed by atoms with Crippen molar-refractivity contribution in [2.24, 2.45) is 0 Å². The van der Waals surface area contributed by atoms with Gasteiger partial charge in [-0.2, -0.15) is 0 Å². The first kappa shape index (κ1) is 18.0.